The summed E-state index contributed by atoms with van der Waals surface area (Å²) in [6, 6.07) is 4.57. The molecule has 1 atom stereocenters. The van der Waals surface area contributed by atoms with Gasteiger partial charge in [0.25, 0.3) is 0 Å². The van der Waals surface area contributed by atoms with Crippen molar-refractivity contribution >= 4 is 11.6 Å². The number of hydrogen-bond donors (Lipinski definition) is 0. The van der Waals surface area contributed by atoms with Gasteiger partial charge in [0.15, 0.2) is 23.1 Å². The van der Waals surface area contributed by atoms with E-state index in [-0.39, 0.29) is 0 Å². The number of rotatable bonds is 4. The van der Waals surface area contributed by atoms with Gasteiger partial charge in [-0.05, 0) is 61.1 Å². The number of fused-ring (bicyclic) bond motifs is 3. The van der Waals surface area contributed by atoms with Crippen molar-refractivity contribution in [1.29, 1.82) is 0 Å². The third-order valence-electron chi connectivity index (χ3n) is 7.84. The summed E-state index contributed by atoms with van der Waals surface area (Å²) in [7, 11) is 1.76. The van der Waals surface area contributed by atoms with Crippen molar-refractivity contribution in [3.8, 4) is 11.5 Å². The van der Waals surface area contributed by atoms with Crippen molar-refractivity contribution in [2.75, 3.05) is 43.2 Å². The minimum absolute atomic E-state index is 0.444. The Morgan fingerprint density at radius 3 is 2.50 bits per heavy atom. The maximum atomic E-state index is 5.86. The summed E-state index contributed by atoms with van der Waals surface area (Å²) in [5.74, 6) is 4.49. The second kappa shape index (κ2) is 11.1. The Kier molecular flexibility index (Phi) is 8.11. The Hall–Kier alpha value is -2.76. The average molecular weight is 493 g/mol. The number of aryl methyl sites for hydroxylation is 1. The number of ether oxygens (including phenoxy) is 2. The molecule has 6 nitrogen and oxygen atoms in total. The fourth-order valence-corrected chi connectivity index (χ4v) is 5.61. The van der Waals surface area contributed by atoms with Gasteiger partial charge in [0.2, 0.25) is 0 Å². The molecule has 196 valence electrons. The molecule has 0 aromatic carbocycles. The third kappa shape index (κ3) is 5.18. The number of aromatic nitrogens is 2. The van der Waals surface area contributed by atoms with Crippen LogP contribution in [0, 0.1) is 5.41 Å². The van der Waals surface area contributed by atoms with Crippen molar-refractivity contribution < 1.29 is 9.47 Å². The van der Waals surface area contributed by atoms with E-state index in [1.54, 1.807) is 7.11 Å². The Labute approximate surface area is 217 Å². The smallest absolute Gasteiger partial charge is 0.172 e. The molecule has 6 rings (SSSR count). The molecule has 5 heterocycles. The second-order valence-electron chi connectivity index (χ2n) is 10.6. The molecule has 0 bridgehead atoms. The van der Waals surface area contributed by atoms with E-state index < -0.39 is 0 Å². The van der Waals surface area contributed by atoms with Gasteiger partial charge in [-0.15, -0.1) is 0 Å². The summed E-state index contributed by atoms with van der Waals surface area (Å²) >= 11 is 0. The molecule has 0 amide bonds. The zero-order valence-electron chi connectivity index (χ0n) is 23.1. The van der Waals surface area contributed by atoms with Crippen LogP contribution in [0.15, 0.2) is 36.7 Å². The van der Waals surface area contributed by atoms with E-state index in [1.165, 1.54) is 36.0 Å². The first-order chi connectivity index (χ1) is 17.4. The summed E-state index contributed by atoms with van der Waals surface area (Å²) in [6.07, 6.45) is 9.95. The van der Waals surface area contributed by atoms with Crippen LogP contribution in [0.4, 0.5) is 11.6 Å². The molecule has 3 fully saturated rings. The van der Waals surface area contributed by atoms with Crippen LogP contribution in [-0.4, -0.2) is 49.4 Å². The third-order valence-corrected chi connectivity index (χ3v) is 7.84. The number of nitrogens with zero attached hydrogens (tertiary/aromatic N) is 4. The van der Waals surface area contributed by atoms with Crippen LogP contribution in [0.1, 0.15) is 77.3 Å². The molecule has 0 N–H and O–H groups in total. The SMILES string of the molecule is C=C1CC2COc3c(CC)ccnc3N2C1.CC.COc1c(C(C)C)ccnc1N1CCC2(CC2)C1. The highest BCUT2D eigenvalue weighted by Gasteiger charge is 2.48. The minimum atomic E-state index is 0.444. The molecule has 2 aromatic rings. The quantitative estimate of drug-likeness (QED) is 0.460. The highest BCUT2D eigenvalue weighted by atomic mass is 16.5. The molecule has 2 aromatic heterocycles. The molecule has 3 aliphatic heterocycles. The number of methoxy groups -OCH3 is 1. The summed E-state index contributed by atoms with van der Waals surface area (Å²) in [5, 5.41) is 0. The van der Waals surface area contributed by atoms with Gasteiger partial charge in [-0.1, -0.05) is 46.8 Å². The molecule has 1 aliphatic carbocycles. The molecule has 2 saturated heterocycles. The zero-order valence-corrected chi connectivity index (χ0v) is 23.1. The second-order valence-corrected chi connectivity index (χ2v) is 10.6. The van der Waals surface area contributed by atoms with E-state index in [4.69, 9.17) is 9.47 Å². The van der Waals surface area contributed by atoms with Crippen LogP contribution in [0.5, 0.6) is 11.5 Å². The number of pyridine rings is 2. The van der Waals surface area contributed by atoms with Crippen LogP contribution in [0.2, 0.25) is 0 Å². The van der Waals surface area contributed by atoms with Crippen molar-refractivity contribution in [3.05, 3.63) is 47.8 Å². The number of anilines is 2. The first-order valence-corrected chi connectivity index (χ1v) is 13.8. The first kappa shape index (κ1) is 26.3. The van der Waals surface area contributed by atoms with Gasteiger partial charge in [0.1, 0.15) is 6.61 Å². The minimum Gasteiger partial charge on any atom is -0.493 e. The molecule has 1 unspecified atom stereocenters. The topological polar surface area (TPSA) is 50.7 Å². The van der Waals surface area contributed by atoms with Crippen LogP contribution >= 0.6 is 0 Å². The average Bonchev–Trinajstić information content (AvgIpc) is 3.35. The number of hydrogen-bond acceptors (Lipinski definition) is 6. The largest absolute Gasteiger partial charge is 0.493 e. The Bertz CT molecular complexity index is 1060. The summed E-state index contributed by atoms with van der Waals surface area (Å²) < 4.78 is 11.5. The molecular weight excluding hydrogens is 448 g/mol. The van der Waals surface area contributed by atoms with Crippen molar-refractivity contribution in [2.24, 2.45) is 5.41 Å². The fourth-order valence-electron chi connectivity index (χ4n) is 5.61. The van der Waals surface area contributed by atoms with Gasteiger partial charge in [0.05, 0.1) is 13.2 Å². The molecule has 4 aliphatic rings. The lowest BCUT2D eigenvalue weighted by Gasteiger charge is -2.32. The highest BCUT2D eigenvalue weighted by Crippen LogP contribution is 2.54. The predicted molar refractivity (Wildman–Crippen MR) is 149 cm³/mol. The fraction of sp³-hybridized carbons (Fsp3) is 0.600. The van der Waals surface area contributed by atoms with Crippen molar-refractivity contribution in [3.63, 3.8) is 0 Å². The van der Waals surface area contributed by atoms with Gasteiger partial charge in [-0.25, -0.2) is 9.97 Å². The van der Waals surface area contributed by atoms with Gasteiger partial charge >= 0.3 is 0 Å². The van der Waals surface area contributed by atoms with E-state index in [9.17, 15) is 0 Å². The Morgan fingerprint density at radius 2 is 1.86 bits per heavy atom. The molecule has 1 spiro atoms. The lowest BCUT2D eigenvalue weighted by molar-refractivity contribution is 0.268. The maximum absolute atomic E-state index is 5.86. The molecule has 1 saturated carbocycles. The van der Waals surface area contributed by atoms with E-state index in [0.717, 1.165) is 62.2 Å². The van der Waals surface area contributed by atoms with Gasteiger partial charge in [-0.3, -0.25) is 0 Å². The highest BCUT2D eigenvalue weighted by molar-refractivity contribution is 5.61. The lowest BCUT2D eigenvalue weighted by atomic mass is 10.0. The summed E-state index contributed by atoms with van der Waals surface area (Å²) in [6.45, 7) is 18.6. The van der Waals surface area contributed by atoms with Gasteiger partial charge < -0.3 is 19.3 Å². The van der Waals surface area contributed by atoms with E-state index >= 15 is 0 Å². The molecular formula is C30H44N4O2. The first-order valence-electron chi connectivity index (χ1n) is 13.8. The lowest BCUT2D eigenvalue weighted by Crippen LogP contribution is -2.39. The van der Waals surface area contributed by atoms with Crippen molar-refractivity contribution in [1.82, 2.24) is 9.97 Å². The van der Waals surface area contributed by atoms with Gasteiger partial charge in [-0.2, -0.15) is 0 Å². The van der Waals surface area contributed by atoms with Crippen LogP contribution < -0.4 is 19.3 Å². The van der Waals surface area contributed by atoms with E-state index in [1.807, 2.05) is 32.3 Å². The van der Waals surface area contributed by atoms with Crippen LogP contribution in [-0.2, 0) is 6.42 Å². The monoisotopic (exact) mass is 492 g/mol. The van der Waals surface area contributed by atoms with E-state index in [2.05, 4.69) is 53.2 Å². The van der Waals surface area contributed by atoms with Crippen molar-refractivity contribution in [2.45, 2.75) is 78.7 Å². The van der Waals surface area contributed by atoms with E-state index in [0.29, 0.717) is 17.4 Å². The van der Waals surface area contributed by atoms with Gasteiger partial charge in [0, 0.05) is 37.6 Å². The predicted octanol–water partition coefficient (Wildman–Crippen LogP) is 6.40. The zero-order chi connectivity index (χ0) is 25.9. The summed E-state index contributed by atoms with van der Waals surface area (Å²) in [4.78, 5) is 13.8. The molecule has 0 radical (unpaired) electrons. The standard InChI is InChI=1S/C15H22N2O.C13H16N2O.C2H6/c1-11(2)12-4-8-16-14(13(12)18-3)17-9-7-15(10-17)5-6-15;1-3-10-4-5-14-13-12(10)16-8-11-6-9(2)7-15(11)13;1-2/h4,8,11H,5-7,9-10H2,1-3H3;4-5,11H,2-3,6-8H2,1H3;1-2H3. The maximum Gasteiger partial charge on any atom is 0.172 e. The Balaban J connectivity index is 0.000000159. The normalized spacial score (nSPS) is 20.6. The molecule has 6 heteroatoms. The summed E-state index contributed by atoms with van der Waals surface area (Å²) in [5.41, 5.74) is 4.42. The van der Waals surface area contributed by atoms with Crippen LogP contribution in [0.25, 0.3) is 0 Å². The molecule has 36 heavy (non-hydrogen) atoms. The van der Waals surface area contributed by atoms with Crippen LogP contribution in [0.3, 0.4) is 0 Å². The Morgan fingerprint density at radius 1 is 1.14 bits per heavy atom.